The van der Waals surface area contributed by atoms with Crippen LogP contribution in [0.2, 0.25) is 0 Å². The molecule has 0 spiro atoms. The molecule has 6 nitrogen and oxygen atoms in total. The first-order valence-corrected chi connectivity index (χ1v) is 13.2. The molecule has 35 heavy (non-hydrogen) atoms. The van der Waals surface area contributed by atoms with Crippen molar-refractivity contribution in [1.82, 2.24) is 4.90 Å². The maximum Gasteiger partial charge on any atom is 0.234 e. The van der Waals surface area contributed by atoms with Crippen LogP contribution in [-0.4, -0.2) is 42.8 Å². The fourth-order valence-corrected chi connectivity index (χ4v) is 6.10. The molecule has 0 radical (unpaired) electrons. The Hall–Kier alpha value is -2.55. The predicted molar refractivity (Wildman–Crippen MR) is 142 cm³/mol. The Morgan fingerprint density at radius 1 is 1.34 bits per heavy atom. The van der Waals surface area contributed by atoms with Crippen LogP contribution in [0.5, 0.6) is 5.75 Å². The average molecular weight is 481 g/mol. The van der Waals surface area contributed by atoms with Gasteiger partial charge in [-0.1, -0.05) is 13.8 Å². The Balaban J connectivity index is 2.03. The summed E-state index contributed by atoms with van der Waals surface area (Å²) in [6.45, 7) is 12.1. The molecule has 0 heterocycles. The fourth-order valence-electron chi connectivity index (χ4n) is 6.10. The summed E-state index contributed by atoms with van der Waals surface area (Å²) < 4.78 is 5.70. The number of hydrogen-bond donors (Lipinski definition) is 2. The van der Waals surface area contributed by atoms with Crippen LogP contribution in [-0.2, 0) is 4.79 Å². The van der Waals surface area contributed by atoms with Gasteiger partial charge in [-0.05, 0) is 90.2 Å². The van der Waals surface area contributed by atoms with Crippen molar-refractivity contribution < 1.29 is 9.53 Å². The second-order valence-electron chi connectivity index (χ2n) is 11.6. The van der Waals surface area contributed by atoms with Crippen LogP contribution in [0.1, 0.15) is 97.1 Å². The number of nitrogens with one attached hydrogen (secondary N) is 2. The summed E-state index contributed by atoms with van der Waals surface area (Å²) in [6.07, 6.45) is 5.42. The number of nitrogens with zero attached hydrogens (tertiary/aromatic N) is 2. The summed E-state index contributed by atoms with van der Waals surface area (Å²) in [5.41, 5.74) is 1.60. The van der Waals surface area contributed by atoms with E-state index in [4.69, 9.17) is 4.74 Å². The van der Waals surface area contributed by atoms with Gasteiger partial charge in [0.1, 0.15) is 5.75 Å². The van der Waals surface area contributed by atoms with Crippen LogP contribution >= 0.6 is 0 Å². The van der Waals surface area contributed by atoms with E-state index in [1.807, 2.05) is 37.9 Å². The molecular weight excluding hydrogens is 436 g/mol. The van der Waals surface area contributed by atoms with Crippen LogP contribution in [0.15, 0.2) is 12.1 Å². The van der Waals surface area contributed by atoms with E-state index in [0.29, 0.717) is 24.0 Å². The lowest BCUT2D eigenvalue weighted by molar-refractivity contribution is -0.143. The Labute approximate surface area is 211 Å². The van der Waals surface area contributed by atoms with Crippen molar-refractivity contribution in [2.45, 2.75) is 98.1 Å². The third-order valence-corrected chi connectivity index (χ3v) is 8.23. The summed E-state index contributed by atoms with van der Waals surface area (Å²) in [6, 6.07) is 6.48. The number of hydrogen-bond acceptors (Lipinski definition) is 5. The zero-order chi connectivity index (χ0) is 26.1. The molecule has 0 saturated heterocycles. The van der Waals surface area contributed by atoms with E-state index in [2.05, 4.69) is 39.1 Å². The molecule has 0 bridgehead atoms. The van der Waals surface area contributed by atoms with Crippen molar-refractivity contribution in [3.63, 3.8) is 0 Å². The summed E-state index contributed by atoms with van der Waals surface area (Å²) in [5.74, 6) is 1.49. The van der Waals surface area contributed by atoms with Gasteiger partial charge in [-0.25, -0.2) is 0 Å². The van der Waals surface area contributed by atoms with Crippen molar-refractivity contribution in [3.05, 3.63) is 23.3 Å². The number of methoxy groups -OCH3 is 1. The monoisotopic (exact) mass is 480 g/mol. The molecule has 1 amide bonds. The number of benzene rings is 1. The van der Waals surface area contributed by atoms with Gasteiger partial charge in [0.05, 0.1) is 29.7 Å². The highest BCUT2D eigenvalue weighted by atomic mass is 16.5. The van der Waals surface area contributed by atoms with E-state index < -0.39 is 10.8 Å². The largest absolute Gasteiger partial charge is 0.496 e. The minimum Gasteiger partial charge on any atom is -0.496 e. The van der Waals surface area contributed by atoms with Gasteiger partial charge in [0, 0.05) is 35.9 Å². The van der Waals surface area contributed by atoms with Gasteiger partial charge in [0.15, 0.2) is 0 Å². The fraction of sp³-hybridized carbons (Fsp3) is 0.690. The third-order valence-electron chi connectivity index (χ3n) is 8.23. The summed E-state index contributed by atoms with van der Waals surface area (Å²) >= 11 is 0. The summed E-state index contributed by atoms with van der Waals surface area (Å²) in [7, 11) is 3.53. The standard InChI is InChI=1S/C29H44N4O2/c1-9-29(17-30)15-19(4)14-21(16-29)33(18(2)3)27(34)28(5,6)26(31)25-22(32-7)12-13-23(35-8)24(25)20-10-11-20/h12-13,18-21,31-32H,9-11,14-16H2,1-8H3. The molecule has 2 fully saturated rings. The molecule has 192 valence electrons. The Morgan fingerprint density at radius 2 is 2.00 bits per heavy atom. The number of amides is 1. The van der Waals surface area contributed by atoms with E-state index >= 15 is 0 Å². The zero-order valence-electron chi connectivity index (χ0n) is 22.9. The number of nitriles is 1. The Morgan fingerprint density at radius 3 is 2.49 bits per heavy atom. The predicted octanol–water partition coefficient (Wildman–Crippen LogP) is 6.35. The maximum atomic E-state index is 14.3. The van der Waals surface area contributed by atoms with E-state index in [0.717, 1.165) is 54.7 Å². The highest BCUT2D eigenvalue weighted by Crippen LogP contribution is 2.49. The zero-order valence-corrected chi connectivity index (χ0v) is 22.9. The lowest BCUT2D eigenvalue weighted by Crippen LogP contribution is -2.55. The van der Waals surface area contributed by atoms with E-state index in [1.54, 1.807) is 7.11 Å². The van der Waals surface area contributed by atoms with Crippen LogP contribution in [0.25, 0.3) is 0 Å². The molecule has 2 N–H and O–H groups in total. The summed E-state index contributed by atoms with van der Waals surface area (Å²) in [5, 5.41) is 22.7. The van der Waals surface area contributed by atoms with Gasteiger partial charge in [0.25, 0.3) is 0 Å². The second-order valence-corrected chi connectivity index (χ2v) is 11.6. The smallest absolute Gasteiger partial charge is 0.234 e. The first-order valence-electron chi connectivity index (χ1n) is 13.2. The number of anilines is 1. The first-order chi connectivity index (χ1) is 16.5. The molecule has 0 aliphatic heterocycles. The molecular formula is C29H44N4O2. The minimum atomic E-state index is -1.03. The van der Waals surface area contributed by atoms with Crippen LogP contribution in [0.3, 0.4) is 0 Å². The third kappa shape index (κ3) is 5.06. The van der Waals surface area contributed by atoms with Gasteiger partial charge in [-0.2, -0.15) is 5.26 Å². The minimum absolute atomic E-state index is 0.00472. The molecule has 3 atom stereocenters. The molecule has 3 unspecified atom stereocenters. The molecule has 0 aromatic heterocycles. The number of rotatable bonds is 9. The Bertz CT molecular complexity index is 1000. The molecule has 1 aromatic rings. The van der Waals surface area contributed by atoms with Crippen molar-refractivity contribution in [2.24, 2.45) is 16.7 Å². The number of carbonyl (C=O) groups excluding carboxylic acids is 1. The molecule has 6 heteroatoms. The average Bonchev–Trinajstić information content (AvgIpc) is 3.67. The molecule has 2 aliphatic carbocycles. The summed E-state index contributed by atoms with van der Waals surface area (Å²) in [4.78, 5) is 16.3. The van der Waals surface area contributed by atoms with Gasteiger partial charge >= 0.3 is 0 Å². The lowest BCUT2D eigenvalue weighted by Gasteiger charge is -2.47. The van der Waals surface area contributed by atoms with Crippen molar-refractivity contribution in [3.8, 4) is 11.8 Å². The van der Waals surface area contributed by atoms with Crippen LogP contribution in [0, 0.1) is 33.5 Å². The van der Waals surface area contributed by atoms with Gasteiger partial charge in [-0.3, -0.25) is 4.79 Å². The molecule has 2 saturated carbocycles. The Kier molecular flexibility index (Phi) is 7.89. The number of ether oxygens (including phenoxy) is 1. The van der Waals surface area contributed by atoms with Crippen molar-refractivity contribution >= 4 is 17.3 Å². The van der Waals surface area contributed by atoms with E-state index in [1.165, 1.54) is 0 Å². The van der Waals surface area contributed by atoms with Gasteiger partial charge in [-0.15, -0.1) is 0 Å². The SMILES string of the molecule is CCC1(C#N)CC(C)CC(N(C(=O)C(C)(C)C(=N)c2c(NC)ccc(OC)c2C2CC2)C(C)C)C1. The van der Waals surface area contributed by atoms with E-state index in [9.17, 15) is 15.5 Å². The van der Waals surface area contributed by atoms with Gasteiger partial charge < -0.3 is 20.4 Å². The maximum absolute atomic E-state index is 14.3. The van der Waals surface area contributed by atoms with Gasteiger partial charge in [0.2, 0.25) is 5.91 Å². The quantitative estimate of drug-likeness (QED) is 0.403. The molecule has 1 aromatic carbocycles. The lowest BCUT2D eigenvalue weighted by atomic mass is 9.66. The normalized spacial score (nSPS) is 24.6. The van der Waals surface area contributed by atoms with Crippen LogP contribution < -0.4 is 10.1 Å². The van der Waals surface area contributed by atoms with Crippen molar-refractivity contribution in [2.75, 3.05) is 19.5 Å². The molecule has 3 rings (SSSR count). The van der Waals surface area contributed by atoms with E-state index in [-0.39, 0.29) is 18.0 Å². The highest BCUT2D eigenvalue weighted by Gasteiger charge is 2.47. The van der Waals surface area contributed by atoms with Crippen molar-refractivity contribution in [1.29, 1.82) is 10.7 Å². The number of carbonyl (C=O) groups is 1. The van der Waals surface area contributed by atoms with Crippen LogP contribution in [0.4, 0.5) is 5.69 Å². The highest BCUT2D eigenvalue weighted by molar-refractivity contribution is 6.18. The molecule has 2 aliphatic rings. The second kappa shape index (κ2) is 10.2. The topological polar surface area (TPSA) is 89.2 Å². The first kappa shape index (κ1) is 27.0.